The highest BCUT2D eigenvalue weighted by atomic mass is 32.1. The highest BCUT2D eigenvalue weighted by Crippen LogP contribution is 2.22. The lowest BCUT2D eigenvalue weighted by molar-refractivity contribution is -0.116. The molecular weight excluding hydrogens is 324 g/mol. The van der Waals surface area contributed by atoms with Gasteiger partial charge in [0, 0.05) is 0 Å². The Morgan fingerprint density at radius 3 is 2.82 bits per heavy atom. The number of nitrogens with two attached hydrogens (primary N) is 1. The Labute approximate surface area is 132 Å². The zero-order valence-corrected chi connectivity index (χ0v) is 12.7. The van der Waals surface area contributed by atoms with Gasteiger partial charge in [-0.15, -0.1) is 22.7 Å². The molecular formula is C13H10N4O3S2. The number of rotatable bonds is 4. The quantitative estimate of drug-likeness (QED) is 0.749. The van der Waals surface area contributed by atoms with Crippen LogP contribution in [-0.2, 0) is 11.3 Å². The topological polar surface area (TPSA) is 107 Å². The van der Waals surface area contributed by atoms with Crippen molar-refractivity contribution in [3.63, 3.8) is 0 Å². The lowest BCUT2D eigenvalue weighted by atomic mass is 10.3. The number of fused-ring (bicyclic) bond motifs is 1. The maximum Gasteiger partial charge on any atom is 0.262 e. The van der Waals surface area contributed by atoms with Crippen molar-refractivity contribution in [2.45, 2.75) is 6.54 Å². The van der Waals surface area contributed by atoms with Crippen LogP contribution in [0.4, 0.5) is 5.00 Å². The van der Waals surface area contributed by atoms with Gasteiger partial charge in [-0.1, -0.05) is 0 Å². The van der Waals surface area contributed by atoms with Gasteiger partial charge >= 0.3 is 0 Å². The number of aromatic nitrogens is 2. The SMILES string of the molecule is NC(=O)c1ccsc1NC(=O)Cn1cnc2sccc2c1=O. The van der Waals surface area contributed by atoms with E-state index in [2.05, 4.69) is 10.3 Å². The lowest BCUT2D eigenvalue weighted by Gasteiger charge is -2.06. The summed E-state index contributed by atoms with van der Waals surface area (Å²) >= 11 is 2.55. The van der Waals surface area contributed by atoms with Crippen molar-refractivity contribution in [2.24, 2.45) is 5.73 Å². The number of primary amides is 1. The van der Waals surface area contributed by atoms with E-state index in [9.17, 15) is 14.4 Å². The number of amides is 2. The van der Waals surface area contributed by atoms with Crippen molar-refractivity contribution < 1.29 is 9.59 Å². The molecule has 3 aromatic rings. The van der Waals surface area contributed by atoms with Gasteiger partial charge < -0.3 is 11.1 Å². The zero-order chi connectivity index (χ0) is 15.7. The van der Waals surface area contributed by atoms with E-state index >= 15 is 0 Å². The van der Waals surface area contributed by atoms with Gasteiger partial charge in [0.25, 0.3) is 11.5 Å². The number of hydrogen-bond donors (Lipinski definition) is 2. The third-order valence-electron chi connectivity index (χ3n) is 2.95. The second-order valence-electron chi connectivity index (χ2n) is 4.39. The van der Waals surface area contributed by atoms with Crippen molar-refractivity contribution >= 4 is 49.7 Å². The Morgan fingerprint density at radius 2 is 2.05 bits per heavy atom. The summed E-state index contributed by atoms with van der Waals surface area (Å²) in [5.41, 5.74) is 5.19. The van der Waals surface area contributed by atoms with Gasteiger partial charge in [-0.3, -0.25) is 19.0 Å². The monoisotopic (exact) mass is 334 g/mol. The fraction of sp³-hybridized carbons (Fsp3) is 0.0769. The van der Waals surface area contributed by atoms with E-state index in [1.54, 1.807) is 16.8 Å². The molecule has 0 aliphatic rings. The van der Waals surface area contributed by atoms with Crippen LogP contribution in [0.25, 0.3) is 10.2 Å². The van der Waals surface area contributed by atoms with E-state index in [0.717, 1.165) is 0 Å². The first kappa shape index (κ1) is 14.4. The zero-order valence-electron chi connectivity index (χ0n) is 11.1. The fourth-order valence-electron chi connectivity index (χ4n) is 1.93. The third kappa shape index (κ3) is 2.63. The second-order valence-corrected chi connectivity index (χ2v) is 6.20. The van der Waals surface area contributed by atoms with E-state index in [1.807, 2.05) is 0 Å². The number of hydrogen-bond acceptors (Lipinski definition) is 6. The van der Waals surface area contributed by atoms with Crippen LogP contribution < -0.4 is 16.6 Å². The highest BCUT2D eigenvalue weighted by molar-refractivity contribution is 7.16. The third-order valence-corrected chi connectivity index (χ3v) is 4.60. The summed E-state index contributed by atoms with van der Waals surface area (Å²) in [4.78, 5) is 40.2. The molecule has 0 spiro atoms. The van der Waals surface area contributed by atoms with Gasteiger partial charge in [0.15, 0.2) is 0 Å². The molecule has 22 heavy (non-hydrogen) atoms. The number of thiophene rings is 2. The van der Waals surface area contributed by atoms with Gasteiger partial charge in [-0.2, -0.15) is 0 Å². The Balaban J connectivity index is 1.81. The summed E-state index contributed by atoms with van der Waals surface area (Å²) in [7, 11) is 0. The molecule has 2 amide bonds. The minimum absolute atomic E-state index is 0.187. The number of carbonyl (C=O) groups is 2. The summed E-state index contributed by atoms with van der Waals surface area (Å²) in [5.74, 6) is -1.04. The normalized spacial score (nSPS) is 10.7. The molecule has 0 saturated carbocycles. The van der Waals surface area contributed by atoms with Crippen molar-refractivity contribution in [3.05, 3.63) is 45.1 Å². The average Bonchev–Trinajstić information content (AvgIpc) is 3.10. The molecule has 112 valence electrons. The van der Waals surface area contributed by atoms with Crippen LogP contribution in [-0.4, -0.2) is 21.4 Å². The maximum absolute atomic E-state index is 12.2. The Kier molecular flexibility index (Phi) is 3.73. The molecule has 0 aliphatic carbocycles. The highest BCUT2D eigenvalue weighted by Gasteiger charge is 2.14. The van der Waals surface area contributed by atoms with E-state index in [-0.39, 0.29) is 17.7 Å². The predicted octanol–water partition coefficient (Wildman–Crippen LogP) is 1.26. The summed E-state index contributed by atoms with van der Waals surface area (Å²) in [6.45, 7) is -0.187. The molecule has 3 N–H and O–H groups in total. The molecule has 0 fully saturated rings. The molecule has 0 aromatic carbocycles. The first-order valence-electron chi connectivity index (χ1n) is 6.16. The smallest absolute Gasteiger partial charge is 0.262 e. The molecule has 0 radical (unpaired) electrons. The number of nitrogens with zero attached hydrogens (tertiary/aromatic N) is 2. The van der Waals surface area contributed by atoms with Gasteiger partial charge in [-0.05, 0) is 22.9 Å². The standard InChI is InChI=1S/C13H10N4O3S2/c14-10(19)7-1-3-22-12(7)16-9(18)5-17-6-15-11-8(13(17)20)2-4-21-11/h1-4,6H,5H2,(H2,14,19)(H,16,18). The molecule has 0 aliphatic heterocycles. The number of nitrogens with one attached hydrogen (secondary N) is 1. The largest absolute Gasteiger partial charge is 0.366 e. The number of carbonyl (C=O) groups excluding carboxylic acids is 2. The molecule has 7 nitrogen and oxygen atoms in total. The van der Waals surface area contributed by atoms with Gasteiger partial charge in [0.2, 0.25) is 5.91 Å². The summed E-state index contributed by atoms with van der Waals surface area (Å²) < 4.78 is 1.22. The van der Waals surface area contributed by atoms with Crippen molar-refractivity contribution in [1.29, 1.82) is 0 Å². The number of anilines is 1. The van der Waals surface area contributed by atoms with Crippen LogP contribution in [0.2, 0.25) is 0 Å². The molecule has 9 heteroatoms. The molecule has 0 unspecified atom stereocenters. The minimum atomic E-state index is -0.616. The van der Waals surface area contributed by atoms with Gasteiger partial charge in [-0.25, -0.2) is 4.98 Å². The Bertz CT molecular complexity index is 925. The van der Waals surface area contributed by atoms with Crippen LogP contribution >= 0.6 is 22.7 Å². The van der Waals surface area contributed by atoms with Crippen molar-refractivity contribution in [2.75, 3.05) is 5.32 Å². The lowest BCUT2D eigenvalue weighted by Crippen LogP contribution is -2.28. The first-order chi connectivity index (χ1) is 10.6. The minimum Gasteiger partial charge on any atom is -0.366 e. The van der Waals surface area contributed by atoms with Crippen LogP contribution in [0.15, 0.2) is 34.0 Å². The fourth-order valence-corrected chi connectivity index (χ4v) is 3.46. The predicted molar refractivity (Wildman–Crippen MR) is 85.3 cm³/mol. The first-order valence-corrected chi connectivity index (χ1v) is 7.92. The maximum atomic E-state index is 12.2. The van der Waals surface area contributed by atoms with Crippen LogP contribution in [0.5, 0.6) is 0 Å². The molecule has 3 aromatic heterocycles. The van der Waals surface area contributed by atoms with E-state index in [4.69, 9.17) is 5.73 Å². The summed E-state index contributed by atoms with van der Waals surface area (Å²) in [5, 5.41) is 6.86. The van der Waals surface area contributed by atoms with Crippen molar-refractivity contribution in [1.82, 2.24) is 9.55 Å². The molecule has 3 rings (SSSR count). The van der Waals surface area contributed by atoms with Gasteiger partial charge in [0.1, 0.15) is 16.4 Å². The summed E-state index contributed by atoms with van der Waals surface area (Å²) in [6.07, 6.45) is 1.34. The van der Waals surface area contributed by atoms with Crippen LogP contribution in [0.3, 0.4) is 0 Å². The molecule has 0 atom stereocenters. The average molecular weight is 334 g/mol. The Morgan fingerprint density at radius 1 is 1.27 bits per heavy atom. The second kappa shape index (κ2) is 5.70. The van der Waals surface area contributed by atoms with E-state index in [0.29, 0.717) is 15.2 Å². The molecule has 3 heterocycles. The van der Waals surface area contributed by atoms with E-state index in [1.165, 1.54) is 39.6 Å². The van der Waals surface area contributed by atoms with Crippen molar-refractivity contribution in [3.8, 4) is 0 Å². The Hall–Kier alpha value is -2.52. The van der Waals surface area contributed by atoms with Gasteiger partial charge in [0.05, 0.1) is 17.3 Å². The van der Waals surface area contributed by atoms with Crippen LogP contribution in [0, 0.1) is 0 Å². The summed E-state index contributed by atoms with van der Waals surface area (Å²) in [6, 6.07) is 3.21. The van der Waals surface area contributed by atoms with E-state index < -0.39 is 11.8 Å². The van der Waals surface area contributed by atoms with Crippen LogP contribution in [0.1, 0.15) is 10.4 Å². The molecule has 0 saturated heterocycles. The molecule has 0 bridgehead atoms.